The normalized spacial score (nSPS) is 12.0. The summed E-state index contributed by atoms with van der Waals surface area (Å²) < 4.78 is 11.6. The van der Waals surface area contributed by atoms with Crippen molar-refractivity contribution in [3.63, 3.8) is 0 Å². The molecule has 0 bridgehead atoms. The molecule has 0 amide bonds. The summed E-state index contributed by atoms with van der Waals surface area (Å²) in [5.41, 5.74) is 0. The lowest BCUT2D eigenvalue weighted by molar-refractivity contribution is 0.238. The van der Waals surface area contributed by atoms with Gasteiger partial charge in [-0.3, -0.25) is 0 Å². The van der Waals surface area contributed by atoms with Crippen molar-refractivity contribution < 1.29 is 8.85 Å². The summed E-state index contributed by atoms with van der Waals surface area (Å²) >= 11 is 0. The Balaban J connectivity index is 3.49. The highest BCUT2D eigenvalue weighted by Gasteiger charge is 2.33. The predicted octanol–water partition coefficient (Wildman–Crippen LogP) is 6.83. The molecule has 0 aliphatic rings. The van der Waals surface area contributed by atoms with Gasteiger partial charge in [-0.05, 0) is 12.1 Å². The maximum absolute atomic E-state index is 5.80. The molecular formula is C19H42O2Si. The third kappa shape index (κ3) is 11.7. The maximum Gasteiger partial charge on any atom is 0.337 e. The molecule has 0 aromatic rings. The molecule has 0 atom stereocenters. The van der Waals surface area contributed by atoms with Gasteiger partial charge in [0.1, 0.15) is 0 Å². The van der Waals surface area contributed by atoms with Crippen molar-refractivity contribution in [3.8, 4) is 0 Å². The van der Waals surface area contributed by atoms with E-state index in [1.807, 2.05) is 14.2 Å². The van der Waals surface area contributed by atoms with Gasteiger partial charge in [0.25, 0.3) is 0 Å². The van der Waals surface area contributed by atoms with Gasteiger partial charge in [0, 0.05) is 14.2 Å². The fraction of sp³-hybridized carbons (Fsp3) is 1.00. The largest absolute Gasteiger partial charge is 0.398 e. The Morgan fingerprint density at radius 1 is 0.500 bits per heavy atom. The van der Waals surface area contributed by atoms with Gasteiger partial charge >= 0.3 is 8.56 Å². The molecule has 0 N–H and O–H groups in total. The molecule has 0 spiro atoms. The first kappa shape index (κ1) is 22.1. The van der Waals surface area contributed by atoms with Crippen LogP contribution >= 0.6 is 0 Å². The van der Waals surface area contributed by atoms with E-state index >= 15 is 0 Å². The van der Waals surface area contributed by atoms with Crippen LogP contribution in [0.5, 0.6) is 0 Å². The Morgan fingerprint density at radius 3 is 1.27 bits per heavy atom. The van der Waals surface area contributed by atoms with Gasteiger partial charge in [-0.2, -0.15) is 0 Å². The molecule has 0 aromatic carbocycles. The summed E-state index contributed by atoms with van der Waals surface area (Å²) in [6.07, 6.45) is 17.9. The van der Waals surface area contributed by atoms with E-state index in [0.29, 0.717) is 0 Å². The fourth-order valence-corrected chi connectivity index (χ4v) is 6.04. The molecule has 0 saturated heterocycles. The van der Waals surface area contributed by atoms with Crippen molar-refractivity contribution in [2.75, 3.05) is 14.2 Å². The molecule has 0 rings (SSSR count). The molecule has 0 aliphatic heterocycles. The van der Waals surface area contributed by atoms with E-state index in [4.69, 9.17) is 8.85 Å². The molecule has 0 fully saturated rings. The molecule has 3 heteroatoms. The standard InChI is InChI=1S/C19H42O2Si/c1-5-7-9-10-11-12-13-14-15-16-17-19-22(20-3,21-4)18-8-6-2/h5-19H2,1-4H3. The highest BCUT2D eigenvalue weighted by molar-refractivity contribution is 6.67. The summed E-state index contributed by atoms with van der Waals surface area (Å²) in [7, 11) is 1.84. The Labute approximate surface area is 141 Å². The molecule has 0 heterocycles. The third-order valence-electron chi connectivity index (χ3n) is 4.82. The van der Waals surface area contributed by atoms with E-state index in [0.717, 1.165) is 6.04 Å². The van der Waals surface area contributed by atoms with E-state index in [2.05, 4.69) is 13.8 Å². The molecule has 0 unspecified atom stereocenters. The topological polar surface area (TPSA) is 18.5 Å². The van der Waals surface area contributed by atoms with E-state index in [1.165, 1.54) is 89.5 Å². The van der Waals surface area contributed by atoms with Gasteiger partial charge in [-0.15, -0.1) is 0 Å². The summed E-state index contributed by atoms with van der Waals surface area (Å²) in [6, 6.07) is 2.34. The van der Waals surface area contributed by atoms with Crippen LogP contribution in [-0.4, -0.2) is 22.8 Å². The molecule has 0 aromatic heterocycles. The van der Waals surface area contributed by atoms with Gasteiger partial charge in [-0.25, -0.2) is 0 Å². The van der Waals surface area contributed by atoms with Crippen LogP contribution in [0.4, 0.5) is 0 Å². The van der Waals surface area contributed by atoms with Crippen molar-refractivity contribution in [3.05, 3.63) is 0 Å². The van der Waals surface area contributed by atoms with Crippen molar-refractivity contribution >= 4 is 8.56 Å². The maximum atomic E-state index is 5.80. The molecule has 2 nitrogen and oxygen atoms in total. The van der Waals surface area contributed by atoms with Gasteiger partial charge in [0.2, 0.25) is 0 Å². The van der Waals surface area contributed by atoms with Crippen LogP contribution in [0, 0.1) is 0 Å². The second-order valence-electron chi connectivity index (χ2n) is 6.71. The number of hydrogen-bond acceptors (Lipinski definition) is 2. The minimum Gasteiger partial charge on any atom is -0.398 e. The van der Waals surface area contributed by atoms with Gasteiger partial charge in [0.15, 0.2) is 0 Å². The lowest BCUT2D eigenvalue weighted by Gasteiger charge is -2.27. The molecule has 0 radical (unpaired) electrons. The first-order chi connectivity index (χ1) is 10.7. The summed E-state index contributed by atoms with van der Waals surface area (Å²) in [4.78, 5) is 0. The second-order valence-corrected chi connectivity index (χ2v) is 10.3. The van der Waals surface area contributed by atoms with Crippen molar-refractivity contribution in [2.45, 2.75) is 109 Å². The van der Waals surface area contributed by atoms with Gasteiger partial charge < -0.3 is 8.85 Å². The summed E-state index contributed by atoms with van der Waals surface area (Å²) in [6.45, 7) is 4.53. The van der Waals surface area contributed by atoms with Crippen LogP contribution in [0.15, 0.2) is 0 Å². The minimum absolute atomic E-state index is 1.16. The van der Waals surface area contributed by atoms with Crippen LogP contribution in [-0.2, 0) is 8.85 Å². The second kappa shape index (κ2) is 16.0. The quantitative estimate of drug-likeness (QED) is 0.215. The molecule has 134 valence electrons. The van der Waals surface area contributed by atoms with E-state index in [1.54, 1.807) is 0 Å². The van der Waals surface area contributed by atoms with Crippen LogP contribution in [0.25, 0.3) is 0 Å². The number of unbranched alkanes of at least 4 members (excludes halogenated alkanes) is 11. The zero-order chi connectivity index (χ0) is 16.5. The Kier molecular flexibility index (Phi) is 16.1. The smallest absolute Gasteiger partial charge is 0.337 e. The third-order valence-corrected chi connectivity index (χ3v) is 8.54. The summed E-state index contributed by atoms with van der Waals surface area (Å²) in [5, 5.41) is 0. The predicted molar refractivity (Wildman–Crippen MR) is 101 cm³/mol. The minimum atomic E-state index is -1.86. The molecule has 0 aliphatic carbocycles. The molecule has 22 heavy (non-hydrogen) atoms. The van der Waals surface area contributed by atoms with E-state index < -0.39 is 8.56 Å². The van der Waals surface area contributed by atoms with Crippen LogP contribution in [0.2, 0.25) is 12.1 Å². The average Bonchev–Trinajstić information content (AvgIpc) is 2.56. The zero-order valence-corrected chi connectivity index (χ0v) is 16.9. The van der Waals surface area contributed by atoms with Crippen molar-refractivity contribution in [1.82, 2.24) is 0 Å². The first-order valence-corrected chi connectivity index (χ1v) is 12.1. The monoisotopic (exact) mass is 330 g/mol. The Bertz CT molecular complexity index is 217. The highest BCUT2D eigenvalue weighted by atomic mass is 28.4. The number of hydrogen-bond donors (Lipinski definition) is 0. The lowest BCUT2D eigenvalue weighted by atomic mass is 10.1. The molecule has 0 saturated carbocycles. The fourth-order valence-electron chi connectivity index (χ4n) is 3.12. The number of rotatable bonds is 17. The van der Waals surface area contributed by atoms with Crippen LogP contribution < -0.4 is 0 Å². The van der Waals surface area contributed by atoms with Crippen molar-refractivity contribution in [2.24, 2.45) is 0 Å². The van der Waals surface area contributed by atoms with Gasteiger partial charge in [-0.1, -0.05) is 97.3 Å². The zero-order valence-electron chi connectivity index (χ0n) is 15.9. The average molecular weight is 331 g/mol. The lowest BCUT2D eigenvalue weighted by Crippen LogP contribution is -2.39. The van der Waals surface area contributed by atoms with Crippen molar-refractivity contribution in [1.29, 1.82) is 0 Å². The van der Waals surface area contributed by atoms with Gasteiger partial charge in [0.05, 0.1) is 0 Å². The highest BCUT2D eigenvalue weighted by Crippen LogP contribution is 2.24. The SMILES string of the molecule is CCCCCCCCCCCCC[Si](CCCC)(OC)OC. The van der Waals surface area contributed by atoms with E-state index in [-0.39, 0.29) is 0 Å². The van der Waals surface area contributed by atoms with Crippen LogP contribution in [0.3, 0.4) is 0 Å². The van der Waals surface area contributed by atoms with Crippen LogP contribution in [0.1, 0.15) is 97.3 Å². The van der Waals surface area contributed by atoms with E-state index in [9.17, 15) is 0 Å². The Morgan fingerprint density at radius 2 is 0.864 bits per heavy atom. The summed E-state index contributed by atoms with van der Waals surface area (Å²) in [5.74, 6) is 0. The Hall–Kier alpha value is 0.137. The first-order valence-electron chi connectivity index (χ1n) is 9.85. The molecular weight excluding hydrogens is 288 g/mol.